The molecule has 8 nitrogen and oxygen atoms in total. The van der Waals surface area contributed by atoms with Crippen LogP contribution >= 0.6 is 0 Å². The van der Waals surface area contributed by atoms with Crippen LogP contribution in [-0.4, -0.2) is 38.5 Å². The zero-order valence-electron chi connectivity index (χ0n) is 19.8. The van der Waals surface area contributed by atoms with Crippen molar-refractivity contribution < 1.29 is 14.6 Å². The molecule has 0 bridgehead atoms. The fourth-order valence-corrected chi connectivity index (χ4v) is 5.22. The molecular weight excluding hydrogens is 442 g/mol. The first-order valence-corrected chi connectivity index (χ1v) is 12.1. The maximum Gasteiger partial charge on any atom is 0.254 e. The zero-order valence-corrected chi connectivity index (χ0v) is 19.8. The number of hydrogen-bond acceptors (Lipinski definition) is 7. The number of fused-ring (bicyclic) bond motifs is 3. The van der Waals surface area contributed by atoms with E-state index in [4.69, 9.17) is 15.7 Å². The lowest BCUT2D eigenvalue weighted by Crippen LogP contribution is -2.37. The van der Waals surface area contributed by atoms with Crippen LogP contribution in [0.2, 0.25) is 0 Å². The van der Waals surface area contributed by atoms with E-state index in [2.05, 4.69) is 16.0 Å². The van der Waals surface area contributed by atoms with Gasteiger partial charge in [0, 0.05) is 29.3 Å². The van der Waals surface area contributed by atoms with Gasteiger partial charge in [0.2, 0.25) is 0 Å². The molecule has 1 saturated carbocycles. The highest BCUT2D eigenvalue weighted by Crippen LogP contribution is 2.38. The maximum absolute atomic E-state index is 13.8. The average molecular weight is 472 g/mol. The number of benzene rings is 1. The minimum absolute atomic E-state index is 0.0817. The average Bonchev–Trinajstić information content (AvgIpc) is 3.27. The summed E-state index contributed by atoms with van der Waals surface area (Å²) in [5.41, 5.74) is 10.6. The summed E-state index contributed by atoms with van der Waals surface area (Å²) in [7, 11) is 0. The molecule has 3 N–H and O–H groups in total. The van der Waals surface area contributed by atoms with Crippen molar-refractivity contribution in [3.8, 4) is 6.07 Å². The molecule has 0 radical (unpaired) electrons. The quantitative estimate of drug-likeness (QED) is 0.578. The molecule has 2 aromatic heterocycles. The van der Waals surface area contributed by atoms with E-state index in [0.717, 1.165) is 53.4 Å². The monoisotopic (exact) mass is 471 g/mol. The Labute approximate surface area is 204 Å². The summed E-state index contributed by atoms with van der Waals surface area (Å²) >= 11 is 0. The molecule has 1 unspecified atom stereocenters. The van der Waals surface area contributed by atoms with Crippen LogP contribution in [0.5, 0.6) is 0 Å². The van der Waals surface area contributed by atoms with Gasteiger partial charge in [-0.25, -0.2) is 4.98 Å². The van der Waals surface area contributed by atoms with Crippen LogP contribution in [0.25, 0.3) is 10.9 Å². The third kappa shape index (κ3) is 4.70. The van der Waals surface area contributed by atoms with Crippen LogP contribution in [0.15, 0.2) is 36.5 Å². The van der Waals surface area contributed by atoms with Crippen molar-refractivity contribution in [1.29, 1.82) is 5.26 Å². The first-order chi connectivity index (χ1) is 16.9. The topological polar surface area (TPSA) is 125 Å². The van der Waals surface area contributed by atoms with Crippen LogP contribution in [-0.2, 0) is 17.9 Å². The summed E-state index contributed by atoms with van der Waals surface area (Å²) in [6.45, 7) is 3.34. The Morgan fingerprint density at radius 2 is 2.06 bits per heavy atom. The van der Waals surface area contributed by atoms with Crippen LogP contribution in [0.3, 0.4) is 0 Å². The summed E-state index contributed by atoms with van der Waals surface area (Å²) in [6.07, 6.45) is 4.45. The van der Waals surface area contributed by atoms with Crippen LogP contribution in [0, 0.1) is 17.2 Å². The number of nitrogens with two attached hydrogens (primary N) is 1. The number of nitrogens with zero attached hydrogens (tertiary/aromatic N) is 4. The van der Waals surface area contributed by atoms with E-state index in [1.165, 1.54) is 6.20 Å². The molecular formula is C27H29N5O3. The first kappa shape index (κ1) is 23.2. The molecule has 35 heavy (non-hydrogen) atoms. The number of nitriles is 1. The number of pyridine rings is 2. The summed E-state index contributed by atoms with van der Waals surface area (Å²) in [5.74, 6) is 0.715. The molecule has 1 aliphatic heterocycles. The number of nitrogen functional groups attached to an aromatic ring is 1. The van der Waals surface area contributed by atoms with Crippen LogP contribution in [0.4, 0.5) is 5.82 Å². The fourth-order valence-electron chi connectivity index (χ4n) is 5.22. The van der Waals surface area contributed by atoms with Crippen molar-refractivity contribution in [3.63, 3.8) is 0 Å². The van der Waals surface area contributed by atoms with E-state index in [0.29, 0.717) is 42.6 Å². The summed E-state index contributed by atoms with van der Waals surface area (Å²) in [4.78, 5) is 24.6. The Kier molecular flexibility index (Phi) is 6.37. The minimum atomic E-state index is -0.247. The predicted octanol–water partition coefficient (Wildman–Crippen LogP) is 3.87. The number of aliphatic hydroxyl groups is 1. The number of aliphatic hydroxyl groups excluding tert-OH is 1. The highest BCUT2D eigenvalue weighted by molar-refractivity contribution is 5.99. The molecule has 1 fully saturated rings. The van der Waals surface area contributed by atoms with Crippen molar-refractivity contribution >= 4 is 22.6 Å². The highest BCUT2D eigenvalue weighted by Gasteiger charge is 2.28. The molecule has 1 aliphatic carbocycles. The first-order valence-electron chi connectivity index (χ1n) is 12.1. The van der Waals surface area contributed by atoms with Gasteiger partial charge < -0.3 is 20.5 Å². The normalized spacial score (nSPS) is 21.5. The van der Waals surface area contributed by atoms with E-state index >= 15 is 0 Å². The lowest BCUT2D eigenvalue weighted by atomic mass is 9.87. The molecule has 0 spiro atoms. The van der Waals surface area contributed by atoms with E-state index in [1.54, 1.807) is 18.2 Å². The number of hydrogen-bond donors (Lipinski definition) is 2. The van der Waals surface area contributed by atoms with Gasteiger partial charge in [0.1, 0.15) is 11.9 Å². The van der Waals surface area contributed by atoms with Crippen molar-refractivity contribution in [3.05, 3.63) is 64.5 Å². The van der Waals surface area contributed by atoms with Crippen molar-refractivity contribution in [2.45, 2.75) is 58.0 Å². The Balaban J connectivity index is 1.46. The molecule has 180 valence electrons. The molecule has 0 saturated heterocycles. The van der Waals surface area contributed by atoms with E-state index in [1.807, 2.05) is 24.0 Å². The predicted molar refractivity (Wildman–Crippen MR) is 131 cm³/mol. The number of ether oxygens (including phenoxy) is 1. The lowest BCUT2D eigenvalue weighted by molar-refractivity contribution is 0.0634. The largest absolute Gasteiger partial charge is 0.393 e. The van der Waals surface area contributed by atoms with Gasteiger partial charge in [-0.15, -0.1) is 0 Å². The van der Waals surface area contributed by atoms with Crippen LogP contribution in [0.1, 0.15) is 71.5 Å². The second-order valence-corrected chi connectivity index (χ2v) is 9.58. The second kappa shape index (κ2) is 9.61. The number of anilines is 1. The standard InChI is InChI=1S/C27H29N5O3/c1-16-25-23(15-35-16)22-10-19(5-9-24(22)31-26(25)29)27(34)32(13-17-3-7-21(33)8-4-17)14-20-6-2-18(11-28)12-30-20/h2,5-6,9-10,12,16-17,21,33H,3-4,7-8,13-15H2,1H3,(H2,29,31)/t16?,17-,21-. The molecule has 1 aromatic carbocycles. The fraction of sp³-hybridized carbons (Fsp3) is 0.407. The molecule has 2 aliphatic rings. The van der Waals surface area contributed by atoms with Gasteiger partial charge in [-0.05, 0) is 74.4 Å². The van der Waals surface area contributed by atoms with E-state index in [9.17, 15) is 9.90 Å². The Morgan fingerprint density at radius 1 is 1.26 bits per heavy atom. The molecule has 5 rings (SSSR count). The second-order valence-electron chi connectivity index (χ2n) is 9.58. The lowest BCUT2D eigenvalue weighted by Gasteiger charge is -2.31. The molecule has 1 amide bonds. The van der Waals surface area contributed by atoms with Gasteiger partial charge in [-0.3, -0.25) is 9.78 Å². The SMILES string of the molecule is CC1OCc2c1c(N)nc1ccc(C(=O)N(Cc3ccc(C#N)cn3)C[C@H]3CC[C@H](O)CC3)cc21. The molecule has 8 heteroatoms. The van der Waals surface area contributed by atoms with Gasteiger partial charge >= 0.3 is 0 Å². The smallest absolute Gasteiger partial charge is 0.254 e. The summed E-state index contributed by atoms with van der Waals surface area (Å²) in [6, 6.07) is 11.1. The third-order valence-corrected chi connectivity index (χ3v) is 7.18. The number of carbonyl (C=O) groups excluding carboxylic acids is 1. The molecule has 3 heterocycles. The number of rotatable bonds is 5. The Morgan fingerprint density at radius 3 is 2.77 bits per heavy atom. The van der Waals surface area contributed by atoms with Crippen LogP contribution < -0.4 is 5.73 Å². The van der Waals surface area contributed by atoms with Crippen molar-refractivity contribution in [2.24, 2.45) is 5.92 Å². The Hall–Kier alpha value is -3.54. The Bertz CT molecular complexity index is 1290. The van der Waals surface area contributed by atoms with Gasteiger partial charge in [-0.1, -0.05) is 0 Å². The number of amides is 1. The van der Waals surface area contributed by atoms with E-state index < -0.39 is 0 Å². The highest BCUT2D eigenvalue weighted by atomic mass is 16.5. The minimum Gasteiger partial charge on any atom is -0.393 e. The van der Waals surface area contributed by atoms with Gasteiger partial charge in [0.05, 0.1) is 42.1 Å². The summed E-state index contributed by atoms with van der Waals surface area (Å²) < 4.78 is 5.80. The third-order valence-electron chi connectivity index (χ3n) is 7.18. The van der Waals surface area contributed by atoms with E-state index in [-0.39, 0.29) is 18.1 Å². The van der Waals surface area contributed by atoms with Gasteiger partial charge in [0.25, 0.3) is 5.91 Å². The van der Waals surface area contributed by atoms with Gasteiger partial charge in [0.15, 0.2) is 0 Å². The zero-order chi connectivity index (χ0) is 24.5. The van der Waals surface area contributed by atoms with Gasteiger partial charge in [-0.2, -0.15) is 5.26 Å². The molecule has 3 aromatic rings. The van der Waals surface area contributed by atoms with Crippen molar-refractivity contribution in [1.82, 2.24) is 14.9 Å². The van der Waals surface area contributed by atoms with Crippen molar-refractivity contribution in [2.75, 3.05) is 12.3 Å². The summed E-state index contributed by atoms with van der Waals surface area (Å²) in [5, 5.41) is 19.9. The number of aromatic nitrogens is 2. The number of carbonyl (C=O) groups is 1. The molecule has 1 atom stereocenters. The maximum atomic E-state index is 13.8.